The summed E-state index contributed by atoms with van der Waals surface area (Å²) in [6.45, 7) is 5.65. The van der Waals surface area contributed by atoms with Gasteiger partial charge in [0.1, 0.15) is 0 Å². The van der Waals surface area contributed by atoms with E-state index in [1.165, 1.54) is 0 Å². The minimum atomic E-state index is -0.850. The molecule has 0 bridgehead atoms. The monoisotopic (exact) mass is 282 g/mol. The number of carbonyl (C=O) groups is 2. The Morgan fingerprint density at radius 2 is 1.90 bits per heavy atom. The van der Waals surface area contributed by atoms with Crippen molar-refractivity contribution in [2.45, 2.75) is 39.7 Å². The fourth-order valence-corrected chi connectivity index (χ4v) is 1.84. The Kier molecular flexibility index (Phi) is 6.55. The van der Waals surface area contributed by atoms with Crippen LogP contribution >= 0.6 is 0 Å². The molecule has 0 aromatic carbocycles. The summed E-state index contributed by atoms with van der Waals surface area (Å²) in [5, 5.41) is 18.1. The highest BCUT2D eigenvalue weighted by Crippen LogP contribution is 2.02. The van der Waals surface area contributed by atoms with E-state index >= 15 is 0 Å². The first-order chi connectivity index (χ1) is 9.49. The molecule has 2 amide bonds. The van der Waals surface area contributed by atoms with Crippen LogP contribution in [0.2, 0.25) is 0 Å². The van der Waals surface area contributed by atoms with E-state index in [2.05, 4.69) is 15.7 Å². The first-order valence-corrected chi connectivity index (χ1v) is 6.73. The summed E-state index contributed by atoms with van der Waals surface area (Å²) in [5.41, 5.74) is 2.10. The minimum absolute atomic E-state index is 0.0677. The van der Waals surface area contributed by atoms with Crippen LogP contribution in [0.3, 0.4) is 0 Å². The maximum atomic E-state index is 11.4. The number of aliphatic carboxylic acids is 1. The number of carbonyl (C=O) groups excluding carboxylic acids is 1. The van der Waals surface area contributed by atoms with Crippen LogP contribution in [-0.2, 0) is 11.3 Å². The van der Waals surface area contributed by atoms with E-state index in [-0.39, 0.29) is 12.5 Å². The molecule has 0 atom stereocenters. The minimum Gasteiger partial charge on any atom is -0.481 e. The maximum absolute atomic E-state index is 11.4. The number of carboxylic acids is 1. The van der Waals surface area contributed by atoms with Gasteiger partial charge in [-0.25, -0.2) is 4.79 Å². The summed E-state index contributed by atoms with van der Waals surface area (Å²) in [4.78, 5) is 21.7. The molecule has 112 valence electrons. The number of rotatable bonds is 8. The molecule has 0 saturated heterocycles. The average Bonchev–Trinajstić information content (AvgIpc) is 2.69. The number of urea groups is 1. The molecule has 7 nitrogen and oxygen atoms in total. The molecular formula is C13H22N4O3. The fraction of sp³-hybridized carbons (Fsp3) is 0.615. The Morgan fingerprint density at radius 3 is 2.45 bits per heavy atom. The third-order valence-electron chi connectivity index (χ3n) is 2.79. The standard InChI is InChI=1S/C13H22N4O3/c1-10-9-11(2)17(16-10)8-4-7-15-13(20)14-6-3-5-12(18)19/h9H,3-8H2,1-2H3,(H,18,19)(H2,14,15,20). The Bertz CT molecular complexity index is 456. The van der Waals surface area contributed by atoms with Crippen LogP contribution in [0.15, 0.2) is 6.07 Å². The molecule has 7 heteroatoms. The lowest BCUT2D eigenvalue weighted by Crippen LogP contribution is -2.36. The van der Waals surface area contributed by atoms with Crippen molar-refractivity contribution < 1.29 is 14.7 Å². The van der Waals surface area contributed by atoms with E-state index in [1.54, 1.807) is 0 Å². The molecule has 0 fully saturated rings. The smallest absolute Gasteiger partial charge is 0.314 e. The van der Waals surface area contributed by atoms with Gasteiger partial charge in [0, 0.05) is 31.7 Å². The number of amides is 2. The maximum Gasteiger partial charge on any atom is 0.314 e. The molecule has 0 aliphatic heterocycles. The zero-order valence-corrected chi connectivity index (χ0v) is 12.0. The van der Waals surface area contributed by atoms with E-state index in [4.69, 9.17) is 5.11 Å². The first-order valence-electron chi connectivity index (χ1n) is 6.73. The summed E-state index contributed by atoms with van der Waals surface area (Å²) < 4.78 is 1.92. The number of hydrogen-bond donors (Lipinski definition) is 3. The predicted molar refractivity (Wildman–Crippen MR) is 74.6 cm³/mol. The van der Waals surface area contributed by atoms with Gasteiger partial charge in [-0.05, 0) is 32.8 Å². The highest BCUT2D eigenvalue weighted by molar-refractivity contribution is 5.73. The first kappa shape index (κ1) is 16.0. The molecule has 1 aromatic rings. The van der Waals surface area contributed by atoms with Gasteiger partial charge in [-0.2, -0.15) is 5.10 Å². The fourth-order valence-electron chi connectivity index (χ4n) is 1.84. The summed E-state index contributed by atoms with van der Waals surface area (Å²) in [6.07, 6.45) is 1.30. The number of aryl methyl sites for hydroxylation is 3. The van der Waals surface area contributed by atoms with Gasteiger partial charge in [0.25, 0.3) is 0 Å². The number of nitrogens with one attached hydrogen (secondary N) is 2. The van der Waals surface area contributed by atoms with Crippen molar-refractivity contribution in [2.24, 2.45) is 0 Å². The molecule has 0 saturated carbocycles. The van der Waals surface area contributed by atoms with E-state index in [9.17, 15) is 9.59 Å². The van der Waals surface area contributed by atoms with Gasteiger partial charge in [0.2, 0.25) is 0 Å². The molecule has 0 aliphatic rings. The second-order valence-corrected chi connectivity index (χ2v) is 4.68. The zero-order chi connectivity index (χ0) is 15.0. The highest BCUT2D eigenvalue weighted by atomic mass is 16.4. The van der Waals surface area contributed by atoms with Gasteiger partial charge < -0.3 is 15.7 Å². The Labute approximate surface area is 118 Å². The van der Waals surface area contributed by atoms with Crippen molar-refractivity contribution in [2.75, 3.05) is 13.1 Å². The molecule has 0 radical (unpaired) electrons. The molecule has 1 rings (SSSR count). The summed E-state index contributed by atoms with van der Waals surface area (Å²) >= 11 is 0. The van der Waals surface area contributed by atoms with Gasteiger partial charge in [-0.15, -0.1) is 0 Å². The molecule has 20 heavy (non-hydrogen) atoms. The van der Waals surface area contributed by atoms with Crippen LogP contribution in [0.5, 0.6) is 0 Å². The molecule has 0 aliphatic carbocycles. The van der Waals surface area contributed by atoms with Gasteiger partial charge in [-0.1, -0.05) is 0 Å². The zero-order valence-electron chi connectivity index (χ0n) is 12.0. The Hall–Kier alpha value is -2.05. The van der Waals surface area contributed by atoms with Gasteiger partial charge in [0.05, 0.1) is 5.69 Å². The summed E-state index contributed by atoms with van der Waals surface area (Å²) in [5.74, 6) is -0.850. The summed E-state index contributed by atoms with van der Waals surface area (Å²) in [7, 11) is 0. The van der Waals surface area contributed by atoms with Crippen LogP contribution < -0.4 is 10.6 Å². The van der Waals surface area contributed by atoms with Crippen molar-refractivity contribution in [3.05, 3.63) is 17.5 Å². The molecular weight excluding hydrogens is 260 g/mol. The van der Waals surface area contributed by atoms with Crippen LogP contribution in [0.4, 0.5) is 4.79 Å². The lowest BCUT2D eigenvalue weighted by molar-refractivity contribution is -0.137. The lowest BCUT2D eigenvalue weighted by Gasteiger charge is -2.08. The number of carboxylic acid groups (broad SMARTS) is 1. The summed E-state index contributed by atoms with van der Waals surface area (Å²) in [6, 6.07) is 1.76. The normalized spacial score (nSPS) is 10.3. The second kappa shape index (κ2) is 8.19. The number of nitrogens with zero attached hydrogens (tertiary/aromatic N) is 2. The van der Waals surface area contributed by atoms with Crippen molar-refractivity contribution in [3.63, 3.8) is 0 Å². The lowest BCUT2D eigenvalue weighted by atomic mass is 10.3. The van der Waals surface area contributed by atoms with Crippen molar-refractivity contribution in [1.29, 1.82) is 0 Å². The predicted octanol–water partition coefficient (Wildman–Crippen LogP) is 1.05. The molecule has 1 aromatic heterocycles. The largest absolute Gasteiger partial charge is 0.481 e. The quantitative estimate of drug-likeness (QED) is 0.621. The third kappa shape index (κ3) is 6.21. The topological polar surface area (TPSA) is 96.2 Å². The average molecular weight is 282 g/mol. The molecule has 3 N–H and O–H groups in total. The SMILES string of the molecule is Cc1cc(C)n(CCCNC(=O)NCCCC(=O)O)n1. The van der Waals surface area contributed by atoms with Crippen molar-refractivity contribution in [1.82, 2.24) is 20.4 Å². The highest BCUT2D eigenvalue weighted by Gasteiger charge is 2.02. The van der Waals surface area contributed by atoms with Crippen molar-refractivity contribution >= 4 is 12.0 Å². The van der Waals surface area contributed by atoms with Gasteiger partial charge in [-0.3, -0.25) is 9.48 Å². The second-order valence-electron chi connectivity index (χ2n) is 4.68. The van der Waals surface area contributed by atoms with Crippen LogP contribution in [-0.4, -0.2) is 40.0 Å². The Morgan fingerprint density at radius 1 is 1.25 bits per heavy atom. The van der Waals surface area contributed by atoms with E-state index in [0.717, 1.165) is 24.4 Å². The number of aromatic nitrogens is 2. The molecule has 0 spiro atoms. The van der Waals surface area contributed by atoms with E-state index in [1.807, 2.05) is 24.6 Å². The van der Waals surface area contributed by atoms with Crippen LogP contribution in [0, 0.1) is 13.8 Å². The van der Waals surface area contributed by atoms with E-state index in [0.29, 0.717) is 19.5 Å². The Balaban J connectivity index is 2.07. The molecule has 0 unspecified atom stereocenters. The van der Waals surface area contributed by atoms with E-state index < -0.39 is 5.97 Å². The molecule has 1 heterocycles. The van der Waals surface area contributed by atoms with Crippen molar-refractivity contribution in [3.8, 4) is 0 Å². The van der Waals surface area contributed by atoms with Crippen LogP contribution in [0.25, 0.3) is 0 Å². The third-order valence-corrected chi connectivity index (χ3v) is 2.79. The van der Waals surface area contributed by atoms with Gasteiger partial charge in [0.15, 0.2) is 0 Å². The van der Waals surface area contributed by atoms with Gasteiger partial charge >= 0.3 is 12.0 Å². The van der Waals surface area contributed by atoms with Crippen LogP contribution in [0.1, 0.15) is 30.7 Å². The number of hydrogen-bond acceptors (Lipinski definition) is 3.